The van der Waals surface area contributed by atoms with E-state index in [9.17, 15) is 4.79 Å². The number of hydrogen-bond donors (Lipinski definition) is 0. The summed E-state index contributed by atoms with van der Waals surface area (Å²) in [5.74, 6) is -0.153. The summed E-state index contributed by atoms with van der Waals surface area (Å²) in [6.07, 6.45) is 5.78. The first-order valence-corrected chi connectivity index (χ1v) is 9.37. The Bertz CT molecular complexity index is 721. The number of thioether (sulfide) groups is 1. The van der Waals surface area contributed by atoms with Crippen LogP contribution in [0.25, 0.3) is 6.08 Å². The van der Waals surface area contributed by atoms with Gasteiger partial charge in [0.2, 0.25) is 0 Å². The molecule has 5 heteroatoms. The van der Waals surface area contributed by atoms with E-state index >= 15 is 0 Å². The Morgan fingerprint density at radius 3 is 2.48 bits per heavy atom. The summed E-state index contributed by atoms with van der Waals surface area (Å²) < 4.78 is 5.34. The molecular weight excluding hydrogens is 332 g/mol. The van der Waals surface area contributed by atoms with Crippen molar-refractivity contribution in [3.05, 3.63) is 52.4 Å². The third kappa shape index (κ3) is 4.61. The van der Waals surface area contributed by atoms with Gasteiger partial charge in [0, 0.05) is 13.1 Å². The Hall–Kier alpha value is -1.85. The van der Waals surface area contributed by atoms with Gasteiger partial charge in [0.05, 0.1) is 18.1 Å². The maximum atomic E-state index is 12.1. The van der Waals surface area contributed by atoms with E-state index in [1.54, 1.807) is 0 Å². The van der Waals surface area contributed by atoms with Gasteiger partial charge in [-0.3, -0.25) is 4.79 Å². The standard InChI is InChI=1S/C20H24N2O2S/c1-20(2,3)16-9-7-15(8-10-16)5-4-6-17-18(23)21-19(25-17)22-11-13-24-14-12-22/h4-10H,11-14H2,1-3H3. The molecule has 2 aliphatic heterocycles. The third-order valence-electron chi connectivity index (χ3n) is 4.20. The van der Waals surface area contributed by atoms with Crippen LogP contribution in [-0.2, 0) is 14.9 Å². The van der Waals surface area contributed by atoms with E-state index in [1.165, 1.54) is 17.3 Å². The fourth-order valence-electron chi connectivity index (χ4n) is 2.64. The number of ether oxygens (including phenoxy) is 1. The van der Waals surface area contributed by atoms with Gasteiger partial charge < -0.3 is 9.64 Å². The molecule has 25 heavy (non-hydrogen) atoms. The second kappa shape index (κ2) is 7.58. The number of morpholine rings is 1. The number of amides is 1. The van der Waals surface area contributed by atoms with Crippen LogP contribution >= 0.6 is 11.8 Å². The van der Waals surface area contributed by atoms with E-state index in [1.807, 2.05) is 18.2 Å². The highest BCUT2D eigenvalue weighted by molar-refractivity contribution is 8.18. The first-order chi connectivity index (χ1) is 11.9. The Morgan fingerprint density at radius 1 is 1.16 bits per heavy atom. The second-order valence-electron chi connectivity index (χ2n) is 7.16. The average Bonchev–Trinajstić information content (AvgIpc) is 2.96. The van der Waals surface area contributed by atoms with Crippen LogP contribution in [0, 0.1) is 0 Å². The molecule has 1 fully saturated rings. The van der Waals surface area contributed by atoms with Crippen molar-refractivity contribution >= 4 is 28.9 Å². The van der Waals surface area contributed by atoms with Crippen molar-refractivity contribution in [1.29, 1.82) is 0 Å². The van der Waals surface area contributed by atoms with Gasteiger partial charge in [-0.1, -0.05) is 57.2 Å². The predicted octanol–water partition coefficient (Wildman–Crippen LogP) is 3.84. The molecule has 0 N–H and O–H groups in total. The van der Waals surface area contributed by atoms with Crippen LogP contribution in [0.5, 0.6) is 0 Å². The maximum absolute atomic E-state index is 12.1. The number of carbonyl (C=O) groups excluding carboxylic acids is 1. The minimum absolute atomic E-state index is 0.153. The van der Waals surface area contributed by atoms with Gasteiger partial charge in [-0.15, -0.1) is 0 Å². The summed E-state index contributed by atoms with van der Waals surface area (Å²) in [6, 6.07) is 8.52. The molecule has 1 aromatic carbocycles. The molecule has 1 saturated heterocycles. The summed E-state index contributed by atoms with van der Waals surface area (Å²) in [7, 11) is 0. The molecule has 0 aromatic heterocycles. The normalized spacial score (nSPS) is 20.6. The maximum Gasteiger partial charge on any atom is 0.286 e. The minimum atomic E-state index is -0.153. The van der Waals surface area contributed by atoms with Crippen molar-refractivity contribution in [2.24, 2.45) is 4.99 Å². The largest absolute Gasteiger partial charge is 0.378 e. The average molecular weight is 356 g/mol. The molecule has 0 bridgehead atoms. The lowest BCUT2D eigenvalue weighted by atomic mass is 9.87. The number of nitrogens with zero attached hydrogens (tertiary/aromatic N) is 2. The van der Waals surface area contributed by atoms with Crippen LogP contribution in [0.2, 0.25) is 0 Å². The quantitative estimate of drug-likeness (QED) is 0.755. The lowest BCUT2D eigenvalue weighted by Crippen LogP contribution is -2.38. The molecule has 0 saturated carbocycles. The number of amidine groups is 1. The summed E-state index contributed by atoms with van der Waals surface area (Å²) >= 11 is 1.45. The number of carbonyl (C=O) groups is 1. The lowest BCUT2D eigenvalue weighted by molar-refractivity contribution is -0.113. The molecule has 2 aliphatic rings. The smallest absolute Gasteiger partial charge is 0.286 e. The van der Waals surface area contributed by atoms with E-state index in [0.29, 0.717) is 18.1 Å². The highest BCUT2D eigenvalue weighted by Crippen LogP contribution is 2.29. The Morgan fingerprint density at radius 2 is 1.84 bits per heavy atom. The fraction of sp³-hybridized carbons (Fsp3) is 0.400. The molecule has 3 rings (SSSR count). The first-order valence-electron chi connectivity index (χ1n) is 8.56. The number of allylic oxidation sites excluding steroid dienone is 2. The number of hydrogen-bond acceptors (Lipinski definition) is 4. The molecular formula is C20H24N2O2S. The molecule has 4 nitrogen and oxygen atoms in total. The summed E-state index contributed by atoms with van der Waals surface area (Å²) in [6.45, 7) is 9.59. The molecule has 2 heterocycles. The molecule has 132 valence electrons. The molecule has 0 radical (unpaired) electrons. The summed E-state index contributed by atoms with van der Waals surface area (Å²) in [4.78, 5) is 19.0. The first kappa shape index (κ1) is 18.0. The predicted molar refractivity (Wildman–Crippen MR) is 105 cm³/mol. The zero-order valence-electron chi connectivity index (χ0n) is 15.0. The number of aliphatic imine (C=N–C) groups is 1. The number of rotatable bonds is 2. The summed E-state index contributed by atoms with van der Waals surface area (Å²) in [5, 5.41) is 0.794. The van der Waals surface area contributed by atoms with Gasteiger partial charge in [-0.05, 0) is 34.4 Å². The molecule has 1 aromatic rings. The molecule has 0 aliphatic carbocycles. The zero-order chi connectivity index (χ0) is 17.9. The minimum Gasteiger partial charge on any atom is -0.378 e. The van der Waals surface area contributed by atoms with Gasteiger partial charge >= 0.3 is 0 Å². The van der Waals surface area contributed by atoms with Gasteiger partial charge in [0.1, 0.15) is 0 Å². The van der Waals surface area contributed by atoms with Gasteiger partial charge in [0.15, 0.2) is 5.17 Å². The molecule has 0 unspecified atom stereocenters. The lowest BCUT2D eigenvalue weighted by Gasteiger charge is -2.27. The molecule has 0 atom stereocenters. The van der Waals surface area contributed by atoms with Crippen molar-refractivity contribution in [2.75, 3.05) is 26.3 Å². The zero-order valence-corrected chi connectivity index (χ0v) is 15.8. The van der Waals surface area contributed by atoms with E-state index in [-0.39, 0.29) is 11.3 Å². The highest BCUT2D eigenvalue weighted by atomic mass is 32.2. The van der Waals surface area contributed by atoms with E-state index in [4.69, 9.17) is 4.74 Å². The summed E-state index contributed by atoms with van der Waals surface area (Å²) in [5.41, 5.74) is 2.59. The van der Waals surface area contributed by atoms with Gasteiger partial charge in [-0.2, -0.15) is 4.99 Å². The van der Waals surface area contributed by atoms with Crippen LogP contribution in [0.15, 0.2) is 46.3 Å². The Kier molecular flexibility index (Phi) is 5.45. The van der Waals surface area contributed by atoms with Gasteiger partial charge in [-0.25, -0.2) is 0 Å². The van der Waals surface area contributed by atoms with Crippen LogP contribution in [0.4, 0.5) is 0 Å². The molecule has 0 spiro atoms. The van der Waals surface area contributed by atoms with Crippen molar-refractivity contribution in [3.8, 4) is 0 Å². The Balaban J connectivity index is 1.62. The molecule has 1 amide bonds. The van der Waals surface area contributed by atoms with Crippen molar-refractivity contribution in [3.63, 3.8) is 0 Å². The third-order valence-corrected chi connectivity index (χ3v) is 5.27. The van der Waals surface area contributed by atoms with Crippen LogP contribution < -0.4 is 0 Å². The monoisotopic (exact) mass is 356 g/mol. The van der Waals surface area contributed by atoms with Crippen LogP contribution in [0.3, 0.4) is 0 Å². The van der Waals surface area contributed by atoms with Crippen LogP contribution in [0.1, 0.15) is 31.9 Å². The van der Waals surface area contributed by atoms with Crippen molar-refractivity contribution < 1.29 is 9.53 Å². The Labute approximate surface area is 153 Å². The topological polar surface area (TPSA) is 41.9 Å². The highest BCUT2D eigenvalue weighted by Gasteiger charge is 2.26. The number of benzene rings is 1. The fourth-order valence-corrected chi connectivity index (χ4v) is 3.56. The van der Waals surface area contributed by atoms with Gasteiger partial charge in [0.25, 0.3) is 5.91 Å². The SMILES string of the molecule is CC(C)(C)c1ccc(C=CC=C2SC(N3CCOCC3)=NC2=O)cc1. The van der Waals surface area contributed by atoms with E-state index < -0.39 is 0 Å². The van der Waals surface area contributed by atoms with Crippen molar-refractivity contribution in [1.82, 2.24) is 4.90 Å². The van der Waals surface area contributed by atoms with Crippen LogP contribution in [-0.4, -0.2) is 42.3 Å². The van der Waals surface area contributed by atoms with E-state index in [2.05, 4.69) is 54.9 Å². The van der Waals surface area contributed by atoms with E-state index in [0.717, 1.165) is 23.8 Å². The van der Waals surface area contributed by atoms with Crippen molar-refractivity contribution in [2.45, 2.75) is 26.2 Å². The second-order valence-corrected chi connectivity index (χ2v) is 8.17.